The predicted octanol–water partition coefficient (Wildman–Crippen LogP) is 1.27. The van der Waals surface area contributed by atoms with Crippen LogP contribution in [0.5, 0.6) is 0 Å². The van der Waals surface area contributed by atoms with Gasteiger partial charge in [0.05, 0.1) is 5.92 Å². The quantitative estimate of drug-likeness (QED) is 0.903. The number of likely N-dealkylation sites (tertiary alicyclic amines) is 1. The molecule has 0 radical (unpaired) electrons. The Balaban J connectivity index is 1.42. The van der Waals surface area contributed by atoms with Gasteiger partial charge in [-0.3, -0.25) is 9.59 Å². The van der Waals surface area contributed by atoms with Gasteiger partial charge in [0.15, 0.2) is 5.58 Å². The zero-order chi connectivity index (χ0) is 17.6. The van der Waals surface area contributed by atoms with Gasteiger partial charge in [0.1, 0.15) is 11.3 Å². The van der Waals surface area contributed by atoms with E-state index in [1.807, 2.05) is 4.90 Å². The molecule has 8 heteroatoms. The first-order valence-corrected chi connectivity index (χ1v) is 8.41. The number of nitrogens with two attached hydrogens (primary N) is 1. The van der Waals surface area contributed by atoms with Crippen LogP contribution in [-0.2, 0) is 9.59 Å². The fourth-order valence-electron chi connectivity index (χ4n) is 3.67. The molecule has 1 aromatic heterocycles. The molecule has 25 heavy (non-hydrogen) atoms. The molecule has 0 bridgehead atoms. The first-order valence-electron chi connectivity index (χ1n) is 8.41. The van der Waals surface area contributed by atoms with E-state index >= 15 is 0 Å². The van der Waals surface area contributed by atoms with E-state index in [1.165, 1.54) is 12.1 Å². The minimum absolute atomic E-state index is 0.000382. The minimum atomic E-state index is -0.410. The van der Waals surface area contributed by atoms with E-state index in [9.17, 15) is 14.0 Å². The number of carbonyl (C=O) groups is 2. The van der Waals surface area contributed by atoms with Crippen molar-refractivity contribution in [1.82, 2.24) is 9.88 Å². The molecule has 2 N–H and O–H groups in total. The van der Waals surface area contributed by atoms with Gasteiger partial charge in [-0.05, 0) is 25.0 Å². The second-order valence-corrected chi connectivity index (χ2v) is 6.68. The van der Waals surface area contributed by atoms with Gasteiger partial charge in [-0.2, -0.15) is 4.98 Å². The molecule has 1 unspecified atom stereocenters. The van der Waals surface area contributed by atoms with Crippen molar-refractivity contribution in [3.63, 3.8) is 0 Å². The van der Waals surface area contributed by atoms with Crippen LogP contribution < -0.4 is 10.6 Å². The fourth-order valence-corrected chi connectivity index (χ4v) is 3.67. The van der Waals surface area contributed by atoms with Crippen molar-refractivity contribution in [2.75, 3.05) is 24.5 Å². The monoisotopic (exact) mass is 346 g/mol. The number of piperidine rings is 1. The summed E-state index contributed by atoms with van der Waals surface area (Å²) in [6.45, 7) is 1.79. The van der Waals surface area contributed by atoms with Gasteiger partial charge in [0, 0.05) is 38.2 Å². The van der Waals surface area contributed by atoms with Crippen LogP contribution >= 0.6 is 0 Å². The van der Waals surface area contributed by atoms with Gasteiger partial charge in [-0.1, -0.05) is 0 Å². The Kier molecular flexibility index (Phi) is 3.82. The standard InChI is InChI=1S/C17H19FN4O3/c18-11-1-2-14-13(8-11)20-17(25-14)21-5-3-12(4-6-21)22-9-10(16(19)24)7-15(22)23/h1-2,8,10,12H,3-7,9H2,(H2,19,24). The summed E-state index contributed by atoms with van der Waals surface area (Å²) in [5, 5.41) is 0. The predicted molar refractivity (Wildman–Crippen MR) is 88.2 cm³/mol. The summed E-state index contributed by atoms with van der Waals surface area (Å²) >= 11 is 0. The van der Waals surface area contributed by atoms with Gasteiger partial charge in [-0.25, -0.2) is 4.39 Å². The molecule has 3 heterocycles. The number of oxazole rings is 1. The molecule has 2 amide bonds. The third-order valence-electron chi connectivity index (χ3n) is 5.07. The van der Waals surface area contributed by atoms with E-state index in [1.54, 1.807) is 11.0 Å². The maximum Gasteiger partial charge on any atom is 0.298 e. The summed E-state index contributed by atoms with van der Waals surface area (Å²) in [4.78, 5) is 31.6. The van der Waals surface area contributed by atoms with E-state index in [4.69, 9.17) is 10.2 Å². The van der Waals surface area contributed by atoms with E-state index < -0.39 is 5.91 Å². The highest BCUT2D eigenvalue weighted by Gasteiger charge is 2.38. The van der Waals surface area contributed by atoms with Crippen LogP contribution in [0.25, 0.3) is 11.1 Å². The zero-order valence-electron chi connectivity index (χ0n) is 13.7. The largest absolute Gasteiger partial charge is 0.423 e. The molecule has 7 nitrogen and oxygen atoms in total. The summed E-state index contributed by atoms with van der Waals surface area (Å²) in [7, 11) is 0. The molecule has 2 aliphatic rings. The Bertz CT molecular complexity index is 828. The highest BCUT2D eigenvalue weighted by Crippen LogP contribution is 2.29. The van der Waals surface area contributed by atoms with Crippen molar-refractivity contribution in [3.05, 3.63) is 24.0 Å². The van der Waals surface area contributed by atoms with Gasteiger partial charge >= 0.3 is 0 Å². The van der Waals surface area contributed by atoms with Crippen molar-refractivity contribution in [2.45, 2.75) is 25.3 Å². The number of benzene rings is 1. The van der Waals surface area contributed by atoms with E-state index in [0.29, 0.717) is 36.7 Å². The smallest absolute Gasteiger partial charge is 0.298 e. The third kappa shape index (κ3) is 2.92. The molecular weight excluding hydrogens is 327 g/mol. The lowest BCUT2D eigenvalue weighted by molar-refractivity contribution is -0.130. The lowest BCUT2D eigenvalue weighted by Gasteiger charge is -2.36. The van der Waals surface area contributed by atoms with Crippen molar-refractivity contribution in [2.24, 2.45) is 11.7 Å². The average molecular weight is 346 g/mol. The molecule has 2 fully saturated rings. The first kappa shape index (κ1) is 15.9. The number of rotatable bonds is 3. The van der Waals surface area contributed by atoms with Gasteiger partial charge in [0.2, 0.25) is 11.8 Å². The average Bonchev–Trinajstić information content (AvgIpc) is 3.18. The third-order valence-corrected chi connectivity index (χ3v) is 5.07. The number of aromatic nitrogens is 1. The van der Waals surface area contributed by atoms with Crippen molar-refractivity contribution in [3.8, 4) is 0 Å². The van der Waals surface area contributed by atoms with Crippen LogP contribution in [0.4, 0.5) is 10.4 Å². The molecule has 2 aliphatic heterocycles. The number of fused-ring (bicyclic) bond motifs is 1. The molecule has 2 saturated heterocycles. The van der Waals surface area contributed by atoms with Crippen LogP contribution in [-0.4, -0.2) is 47.4 Å². The number of nitrogens with zero attached hydrogens (tertiary/aromatic N) is 3. The second kappa shape index (κ2) is 6.02. The highest BCUT2D eigenvalue weighted by molar-refractivity contribution is 5.88. The normalized spacial score (nSPS) is 22.1. The maximum absolute atomic E-state index is 13.3. The molecule has 2 aromatic rings. The lowest BCUT2D eigenvalue weighted by Crippen LogP contribution is -2.46. The van der Waals surface area contributed by atoms with Gasteiger partial charge in [0.25, 0.3) is 6.01 Å². The summed E-state index contributed by atoms with van der Waals surface area (Å²) in [5.41, 5.74) is 6.37. The topological polar surface area (TPSA) is 92.7 Å². The Hall–Kier alpha value is -2.64. The van der Waals surface area contributed by atoms with Crippen LogP contribution in [0.1, 0.15) is 19.3 Å². The molecule has 4 rings (SSSR count). The number of primary amides is 1. The Labute approximate surface area is 143 Å². The van der Waals surface area contributed by atoms with Gasteiger partial charge in [-0.15, -0.1) is 0 Å². The van der Waals surface area contributed by atoms with Crippen LogP contribution in [0.3, 0.4) is 0 Å². The number of anilines is 1. The van der Waals surface area contributed by atoms with Crippen molar-refractivity contribution >= 4 is 28.9 Å². The number of halogens is 1. The Morgan fingerprint density at radius 1 is 1.32 bits per heavy atom. The van der Waals surface area contributed by atoms with Crippen molar-refractivity contribution < 1.29 is 18.4 Å². The Morgan fingerprint density at radius 2 is 2.08 bits per heavy atom. The van der Waals surface area contributed by atoms with E-state index in [0.717, 1.165) is 12.8 Å². The molecule has 0 spiro atoms. The summed E-state index contributed by atoms with van der Waals surface area (Å²) in [6.07, 6.45) is 1.75. The van der Waals surface area contributed by atoms with E-state index in [-0.39, 0.29) is 30.1 Å². The highest BCUT2D eigenvalue weighted by atomic mass is 19.1. The second-order valence-electron chi connectivity index (χ2n) is 6.68. The zero-order valence-corrected chi connectivity index (χ0v) is 13.7. The van der Waals surface area contributed by atoms with Crippen LogP contribution in [0, 0.1) is 11.7 Å². The fraction of sp³-hybridized carbons (Fsp3) is 0.471. The number of hydrogen-bond acceptors (Lipinski definition) is 5. The number of hydrogen-bond donors (Lipinski definition) is 1. The van der Waals surface area contributed by atoms with E-state index in [2.05, 4.69) is 4.98 Å². The van der Waals surface area contributed by atoms with Crippen LogP contribution in [0.15, 0.2) is 22.6 Å². The molecule has 1 atom stereocenters. The summed E-state index contributed by atoms with van der Waals surface area (Å²) in [6, 6.07) is 4.84. The molecule has 0 aliphatic carbocycles. The molecule has 132 valence electrons. The van der Waals surface area contributed by atoms with Gasteiger partial charge < -0.3 is 20.0 Å². The molecular formula is C17H19FN4O3. The first-order chi connectivity index (χ1) is 12.0. The molecule has 1 aromatic carbocycles. The van der Waals surface area contributed by atoms with Crippen LogP contribution in [0.2, 0.25) is 0 Å². The number of amides is 2. The molecule has 0 saturated carbocycles. The number of carbonyl (C=O) groups excluding carboxylic acids is 2. The Morgan fingerprint density at radius 3 is 2.76 bits per heavy atom. The maximum atomic E-state index is 13.3. The minimum Gasteiger partial charge on any atom is -0.423 e. The SMILES string of the molecule is NC(=O)C1CC(=O)N(C2CCN(c3nc4cc(F)ccc4o3)CC2)C1. The summed E-state index contributed by atoms with van der Waals surface area (Å²) < 4.78 is 19.0. The lowest BCUT2D eigenvalue weighted by atomic mass is 10.0. The van der Waals surface area contributed by atoms with Crippen molar-refractivity contribution in [1.29, 1.82) is 0 Å². The summed E-state index contributed by atoms with van der Waals surface area (Å²) in [5.74, 6) is -1.13.